The number of fused-ring (bicyclic) bond motifs is 1. The predicted octanol–water partition coefficient (Wildman–Crippen LogP) is 3.01. The van der Waals surface area contributed by atoms with Gasteiger partial charge in [0.25, 0.3) is 0 Å². The monoisotopic (exact) mass is 267 g/mol. The van der Waals surface area contributed by atoms with Crippen LogP contribution in [0.1, 0.15) is 0 Å². The summed E-state index contributed by atoms with van der Waals surface area (Å²) in [7, 11) is 3.25. The highest BCUT2D eigenvalue weighted by Crippen LogP contribution is 2.30. The molecule has 3 nitrogen and oxygen atoms in total. The van der Waals surface area contributed by atoms with E-state index in [1.165, 1.54) is 0 Å². The van der Waals surface area contributed by atoms with Crippen LogP contribution in [0.25, 0.3) is 10.9 Å². The van der Waals surface area contributed by atoms with Crippen LogP contribution in [0.3, 0.4) is 0 Å². The molecular formula is C11H10BrNO2. The molecule has 2 rings (SSSR count). The van der Waals surface area contributed by atoms with E-state index in [1.807, 2.05) is 18.2 Å². The van der Waals surface area contributed by atoms with Gasteiger partial charge in [-0.05, 0) is 28.1 Å². The van der Waals surface area contributed by atoms with E-state index < -0.39 is 0 Å². The molecule has 15 heavy (non-hydrogen) atoms. The van der Waals surface area contributed by atoms with Gasteiger partial charge in [0.05, 0.1) is 14.2 Å². The molecule has 1 aromatic carbocycles. The van der Waals surface area contributed by atoms with E-state index in [0.717, 1.165) is 26.9 Å². The molecule has 0 fully saturated rings. The minimum absolute atomic E-state index is 0.719. The zero-order valence-corrected chi connectivity index (χ0v) is 10.0. The summed E-state index contributed by atoms with van der Waals surface area (Å²) in [4.78, 5) is 4.30. The zero-order chi connectivity index (χ0) is 10.8. The Morgan fingerprint density at radius 3 is 2.60 bits per heavy atom. The summed E-state index contributed by atoms with van der Waals surface area (Å²) in [6.07, 6.45) is 1.75. The Balaban J connectivity index is 2.74. The number of rotatable bonds is 2. The van der Waals surface area contributed by atoms with Gasteiger partial charge in [0.15, 0.2) is 0 Å². The maximum absolute atomic E-state index is 5.25. The molecule has 0 radical (unpaired) electrons. The van der Waals surface area contributed by atoms with Gasteiger partial charge < -0.3 is 9.47 Å². The Kier molecular flexibility index (Phi) is 2.77. The molecule has 1 heterocycles. The Morgan fingerprint density at radius 1 is 1.13 bits per heavy atom. The lowest BCUT2D eigenvalue weighted by atomic mass is 10.2. The Labute approximate surface area is 96.2 Å². The Morgan fingerprint density at radius 2 is 1.93 bits per heavy atom. The fraction of sp³-hybridized carbons (Fsp3) is 0.182. The molecule has 78 valence electrons. The van der Waals surface area contributed by atoms with Crippen molar-refractivity contribution in [3.63, 3.8) is 0 Å². The lowest BCUT2D eigenvalue weighted by Crippen LogP contribution is -1.90. The molecular weight excluding hydrogens is 258 g/mol. The van der Waals surface area contributed by atoms with Crippen LogP contribution in [0.2, 0.25) is 0 Å². The summed E-state index contributed by atoms with van der Waals surface area (Å²) in [5, 5.41) is 0.987. The maximum atomic E-state index is 5.25. The standard InChI is InChI=1S/C11H10BrNO2/c1-14-9-4-7-3-8(12)6-13-11(7)10(5-9)15-2/h3-6H,1-2H3. The summed E-state index contributed by atoms with van der Waals surface area (Å²) in [5.41, 5.74) is 0.835. The van der Waals surface area contributed by atoms with Gasteiger partial charge in [-0.1, -0.05) is 0 Å². The normalized spacial score (nSPS) is 10.3. The first-order valence-electron chi connectivity index (χ1n) is 4.42. The van der Waals surface area contributed by atoms with E-state index in [9.17, 15) is 0 Å². The van der Waals surface area contributed by atoms with Crippen LogP contribution in [0.4, 0.5) is 0 Å². The third kappa shape index (κ3) is 1.90. The zero-order valence-electron chi connectivity index (χ0n) is 8.45. The highest BCUT2D eigenvalue weighted by molar-refractivity contribution is 9.10. The molecule has 0 saturated carbocycles. The highest BCUT2D eigenvalue weighted by atomic mass is 79.9. The van der Waals surface area contributed by atoms with Gasteiger partial charge in [-0.25, -0.2) is 0 Å². The second-order valence-corrected chi connectivity index (χ2v) is 3.97. The van der Waals surface area contributed by atoms with E-state index in [2.05, 4.69) is 20.9 Å². The first kappa shape index (κ1) is 10.2. The quantitative estimate of drug-likeness (QED) is 0.838. The minimum atomic E-state index is 0.719. The number of aromatic nitrogens is 1. The van der Waals surface area contributed by atoms with Gasteiger partial charge in [0.2, 0.25) is 0 Å². The van der Waals surface area contributed by atoms with Gasteiger partial charge in [-0.15, -0.1) is 0 Å². The fourth-order valence-corrected chi connectivity index (χ4v) is 1.79. The molecule has 0 aliphatic heterocycles. The highest BCUT2D eigenvalue weighted by Gasteiger charge is 2.06. The number of hydrogen-bond acceptors (Lipinski definition) is 3. The van der Waals surface area contributed by atoms with Crippen LogP contribution in [-0.4, -0.2) is 19.2 Å². The smallest absolute Gasteiger partial charge is 0.148 e. The summed E-state index contributed by atoms with van der Waals surface area (Å²) in [6.45, 7) is 0. The van der Waals surface area contributed by atoms with Crippen molar-refractivity contribution in [1.29, 1.82) is 0 Å². The Bertz CT molecular complexity index is 499. The van der Waals surface area contributed by atoms with Gasteiger partial charge in [0.1, 0.15) is 17.0 Å². The average molecular weight is 268 g/mol. The molecule has 0 bridgehead atoms. The molecule has 0 unspecified atom stereocenters. The minimum Gasteiger partial charge on any atom is -0.497 e. The number of ether oxygens (including phenoxy) is 2. The van der Waals surface area contributed by atoms with E-state index >= 15 is 0 Å². The molecule has 0 atom stereocenters. The van der Waals surface area contributed by atoms with Gasteiger partial charge in [0, 0.05) is 22.1 Å². The van der Waals surface area contributed by atoms with Gasteiger partial charge in [-0.3, -0.25) is 4.98 Å². The summed E-state index contributed by atoms with van der Waals surface area (Å²) >= 11 is 3.38. The number of hydrogen-bond donors (Lipinski definition) is 0. The molecule has 0 aliphatic rings. The Hall–Kier alpha value is -1.29. The van der Waals surface area contributed by atoms with Crippen molar-refractivity contribution in [2.24, 2.45) is 0 Å². The summed E-state index contributed by atoms with van der Waals surface area (Å²) in [5.74, 6) is 1.48. The van der Waals surface area contributed by atoms with Crippen molar-refractivity contribution >= 4 is 26.8 Å². The summed E-state index contributed by atoms with van der Waals surface area (Å²) in [6, 6.07) is 5.73. The molecule has 0 amide bonds. The van der Waals surface area contributed by atoms with Gasteiger partial charge >= 0.3 is 0 Å². The second kappa shape index (κ2) is 4.06. The molecule has 2 aromatic rings. The van der Waals surface area contributed by atoms with E-state index in [1.54, 1.807) is 20.4 Å². The number of halogens is 1. The molecule has 1 aromatic heterocycles. The SMILES string of the molecule is COc1cc(OC)c2ncc(Br)cc2c1. The van der Waals surface area contributed by atoms with E-state index in [-0.39, 0.29) is 0 Å². The lowest BCUT2D eigenvalue weighted by Gasteiger charge is -2.07. The molecule has 0 saturated heterocycles. The molecule has 0 spiro atoms. The van der Waals surface area contributed by atoms with Crippen LogP contribution in [-0.2, 0) is 0 Å². The summed E-state index contributed by atoms with van der Waals surface area (Å²) < 4.78 is 11.4. The second-order valence-electron chi connectivity index (χ2n) is 3.05. The van der Waals surface area contributed by atoms with E-state index in [0.29, 0.717) is 0 Å². The van der Waals surface area contributed by atoms with Crippen molar-refractivity contribution in [3.8, 4) is 11.5 Å². The first-order valence-corrected chi connectivity index (χ1v) is 5.21. The van der Waals surface area contributed by atoms with Crippen LogP contribution in [0.15, 0.2) is 28.9 Å². The van der Waals surface area contributed by atoms with Crippen molar-refractivity contribution in [3.05, 3.63) is 28.9 Å². The average Bonchev–Trinajstić information content (AvgIpc) is 2.26. The third-order valence-electron chi connectivity index (χ3n) is 2.14. The van der Waals surface area contributed by atoms with Gasteiger partial charge in [-0.2, -0.15) is 0 Å². The van der Waals surface area contributed by atoms with Crippen molar-refractivity contribution in [2.45, 2.75) is 0 Å². The van der Waals surface area contributed by atoms with Crippen LogP contribution in [0.5, 0.6) is 11.5 Å². The molecule has 4 heteroatoms. The van der Waals surface area contributed by atoms with Crippen molar-refractivity contribution in [1.82, 2.24) is 4.98 Å². The lowest BCUT2D eigenvalue weighted by molar-refractivity contribution is 0.397. The molecule has 0 aliphatic carbocycles. The van der Waals surface area contributed by atoms with Crippen molar-refractivity contribution in [2.75, 3.05) is 14.2 Å². The first-order chi connectivity index (χ1) is 7.24. The van der Waals surface area contributed by atoms with Crippen molar-refractivity contribution < 1.29 is 9.47 Å². The predicted molar refractivity (Wildman–Crippen MR) is 62.5 cm³/mol. The van der Waals surface area contributed by atoms with Crippen LogP contribution in [0, 0.1) is 0 Å². The number of benzene rings is 1. The van der Waals surface area contributed by atoms with Crippen LogP contribution >= 0.6 is 15.9 Å². The topological polar surface area (TPSA) is 31.4 Å². The number of methoxy groups -OCH3 is 2. The largest absolute Gasteiger partial charge is 0.497 e. The van der Waals surface area contributed by atoms with E-state index in [4.69, 9.17) is 9.47 Å². The number of pyridine rings is 1. The fourth-order valence-electron chi connectivity index (χ4n) is 1.44. The number of nitrogens with zero attached hydrogens (tertiary/aromatic N) is 1. The third-order valence-corrected chi connectivity index (χ3v) is 2.58. The van der Waals surface area contributed by atoms with Crippen LogP contribution < -0.4 is 9.47 Å². The maximum Gasteiger partial charge on any atom is 0.148 e. The molecule has 0 N–H and O–H groups in total.